The Bertz CT molecular complexity index is 980. The van der Waals surface area contributed by atoms with Gasteiger partial charge in [0.15, 0.2) is 4.34 Å². The van der Waals surface area contributed by atoms with Gasteiger partial charge in [-0.15, -0.1) is 11.3 Å². The van der Waals surface area contributed by atoms with Crippen LogP contribution < -0.4 is 10.6 Å². The van der Waals surface area contributed by atoms with E-state index in [0.717, 1.165) is 44.9 Å². The zero-order valence-electron chi connectivity index (χ0n) is 22.5. The molecule has 2 amide bonds. The van der Waals surface area contributed by atoms with E-state index in [1.54, 1.807) is 12.4 Å². The second kappa shape index (κ2) is 17.3. The number of aromatic nitrogens is 1. The molecule has 1 atom stereocenters. The van der Waals surface area contributed by atoms with Crippen LogP contribution >= 0.6 is 23.1 Å². The van der Waals surface area contributed by atoms with E-state index in [9.17, 15) is 19.8 Å². The molecule has 0 bridgehead atoms. The van der Waals surface area contributed by atoms with Crippen LogP contribution in [-0.2, 0) is 16.0 Å². The SMILES string of the molecule is CCCCCCCCC(CCCCCC)C(=O)Nc1cc(O)c(Sc2nc(CC(=O)NC)cs2)cc1O. The van der Waals surface area contributed by atoms with Crippen molar-refractivity contribution in [1.29, 1.82) is 0 Å². The number of benzene rings is 1. The number of aromatic hydroxyl groups is 2. The van der Waals surface area contributed by atoms with Gasteiger partial charge in [-0.3, -0.25) is 9.59 Å². The lowest BCUT2D eigenvalue weighted by Gasteiger charge is -2.18. The van der Waals surface area contributed by atoms with E-state index in [2.05, 4.69) is 29.5 Å². The first-order chi connectivity index (χ1) is 17.9. The summed E-state index contributed by atoms with van der Waals surface area (Å²) in [5.74, 6) is -0.467. The normalized spacial score (nSPS) is 11.9. The number of phenols is 2. The van der Waals surface area contributed by atoms with Crippen LogP contribution in [-0.4, -0.2) is 34.1 Å². The van der Waals surface area contributed by atoms with Crippen molar-refractivity contribution in [3.8, 4) is 11.5 Å². The molecule has 37 heavy (non-hydrogen) atoms. The van der Waals surface area contributed by atoms with Gasteiger partial charge < -0.3 is 20.8 Å². The first-order valence-electron chi connectivity index (χ1n) is 13.6. The number of amides is 2. The third kappa shape index (κ3) is 11.3. The van der Waals surface area contributed by atoms with Crippen molar-refractivity contribution in [3.05, 3.63) is 23.2 Å². The Morgan fingerprint density at radius 2 is 1.57 bits per heavy atom. The average Bonchev–Trinajstić information content (AvgIpc) is 3.31. The smallest absolute Gasteiger partial charge is 0.227 e. The first-order valence-corrected chi connectivity index (χ1v) is 15.3. The number of nitrogens with one attached hydrogen (secondary N) is 2. The Morgan fingerprint density at radius 3 is 2.22 bits per heavy atom. The summed E-state index contributed by atoms with van der Waals surface area (Å²) >= 11 is 2.57. The van der Waals surface area contributed by atoms with Gasteiger partial charge in [-0.1, -0.05) is 89.8 Å². The number of carbonyl (C=O) groups is 2. The predicted molar refractivity (Wildman–Crippen MR) is 153 cm³/mol. The molecule has 0 saturated carbocycles. The van der Waals surface area contributed by atoms with E-state index in [4.69, 9.17) is 0 Å². The largest absolute Gasteiger partial charge is 0.507 e. The van der Waals surface area contributed by atoms with E-state index in [1.165, 1.54) is 67.3 Å². The number of likely N-dealkylation sites (N-methyl/N-ethyl adjacent to an activating group) is 1. The molecule has 1 unspecified atom stereocenters. The molecule has 2 aromatic rings. The van der Waals surface area contributed by atoms with Gasteiger partial charge in [-0.2, -0.15) is 0 Å². The Morgan fingerprint density at radius 1 is 0.946 bits per heavy atom. The van der Waals surface area contributed by atoms with Crippen molar-refractivity contribution in [1.82, 2.24) is 10.3 Å². The predicted octanol–water partition coefficient (Wildman–Crippen LogP) is 7.27. The van der Waals surface area contributed by atoms with Crippen LogP contribution in [0.3, 0.4) is 0 Å². The molecular weight excluding hydrogens is 506 g/mol. The fraction of sp³-hybridized carbons (Fsp3) is 0.607. The molecular formula is C28H43N3O4S2. The van der Waals surface area contributed by atoms with Gasteiger partial charge in [-0.25, -0.2) is 4.98 Å². The standard InChI is InChI=1S/C28H43N3O4S2/c1-4-6-8-10-11-13-15-20(14-12-9-7-5-2)27(35)31-22-17-24(33)25(18-23(22)32)37-28-30-21(19-36-28)16-26(34)29-3/h17-20,32-33H,4-16H2,1-3H3,(H,29,34)(H,31,35). The lowest BCUT2D eigenvalue weighted by atomic mass is 9.93. The molecule has 1 aromatic carbocycles. The summed E-state index contributed by atoms with van der Waals surface area (Å²) in [6.45, 7) is 4.38. The minimum atomic E-state index is -0.123. The molecule has 2 rings (SSSR count). The third-order valence-corrected chi connectivity index (χ3v) is 8.40. The molecule has 0 saturated heterocycles. The molecule has 1 aromatic heterocycles. The second-order valence-electron chi connectivity index (χ2n) is 9.49. The molecule has 0 spiro atoms. The summed E-state index contributed by atoms with van der Waals surface area (Å²) < 4.78 is 0.650. The number of rotatable bonds is 18. The molecule has 206 valence electrons. The lowest BCUT2D eigenvalue weighted by Crippen LogP contribution is -2.23. The van der Waals surface area contributed by atoms with E-state index >= 15 is 0 Å². The van der Waals surface area contributed by atoms with Gasteiger partial charge in [0.05, 0.1) is 22.7 Å². The van der Waals surface area contributed by atoms with Crippen LogP contribution in [0.2, 0.25) is 0 Å². The van der Waals surface area contributed by atoms with Crippen molar-refractivity contribution in [2.45, 2.75) is 107 Å². The second-order valence-corrected chi connectivity index (χ2v) is 11.6. The van der Waals surface area contributed by atoms with E-state index < -0.39 is 0 Å². The van der Waals surface area contributed by atoms with Crippen LogP contribution in [0.4, 0.5) is 5.69 Å². The highest BCUT2D eigenvalue weighted by molar-refractivity contribution is 8.01. The van der Waals surface area contributed by atoms with Crippen LogP contribution in [0.1, 0.15) is 96.6 Å². The number of nitrogens with zero attached hydrogens (tertiary/aromatic N) is 1. The zero-order chi connectivity index (χ0) is 27.0. The number of thiazole rings is 1. The number of hydrogen-bond acceptors (Lipinski definition) is 7. The molecule has 0 radical (unpaired) electrons. The van der Waals surface area contributed by atoms with Gasteiger partial charge in [0, 0.05) is 24.4 Å². The minimum Gasteiger partial charge on any atom is -0.507 e. The number of carbonyl (C=O) groups excluding carboxylic acids is 2. The maximum atomic E-state index is 13.1. The average molecular weight is 550 g/mol. The van der Waals surface area contributed by atoms with Gasteiger partial charge in [0.2, 0.25) is 11.8 Å². The molecule has 9 heteroatoms. The van der Waals surface area contributed by atoms with Crippen LogP contribution in [0.25, 0.3) is 0 Å². The number of anilines is 1. The molecule has 0 aliphatic carbocycles. The van der Waals surface area contributed by atoms with Gasteiger partial charge >= 0.3 is 0 Å². The summed E-state index contributed by atoms with van der Waals surface area (Å²) in [6, 6.07) is 2.84. The van der Waals surface area contributed by atoms with Crippen molar-refractivity contribution in [2.75, 3.05) is 12.4 Å². The van der Waals surface area contributed by atoms with Crippen molar-refractivity contribution in [2.24, 2.45) is 5.92 Å². The maximum Gasteiger partial charge on any atom is 0.227 e. The van der Waals surface area contributed by atoms with E-state index in [1.807, 2.05) is 0 Å². The fourth-order valence-corrected chi connectivity index (χ4v) is 5.97. The highest BCUT2D eigenvalue weighted by atomic mass is 32.2. The molecule has 7 nitrogen and oxygen atoms in total. The van der Waals surface area contributed by atoms with Gasteiger partial charge in [0.25, 0.3) is 0 Å². The zero-order valence-corrected chi connectivity index (χ0v) is 24.1. The fourth-order valence-electron chi connectivity index (χ4n) is 4.13. The number of phenolic OH excluding ortho intramolecular Hbond substituents is 2. The van der Waals surface area contributed by atoms with Crippen molar-refractivity contribution < 1.29 is 19.8 Å². The monoisotopic (exact) mass is 549 g/mol. The highest BCUT2D eigenvalue weighted by Crippen LogP contribution is 2.41. The summed E-state index contributed by atoms with van der Waals surface area (Å²) in [6.07, 6.45) is 13.4. The van der Waals surface area contributed by atoms with Crippen LogP contribution in [0, 0.1) is 5.92 Å². The lowest BCUT2D eigenvalue weighted by molar-refractivity contribution is -0.121. The van der Waals surface area contributed by atoms with Crippen LogP contribution in [0.15, 0.2) is 26.7 Å². The Kier molecular flexibility index (Phi) is 14.5. The number of hydrogen-bond donors (Lipinski definition) is 4. The molecule has 4 N–H and O–H groups in total. The topological polar surface area (TPSA) is 112 Å². The van der Waals surface area contributed by atoms with Crippen LogP contribution in [0.5, 0.6) is 11.5 Å². The highest BCUT2D eigenvalue weighted by Gasteiger charge is 2.21. The molecule has 1 heterocycles. The Labute approximate surface area is 229 Å². The quantitative estimate of drug-likeness (QED) is 0.0884. The van der Waals surface area contributed by atoms with E-state index in [-0.39, 0.29) is 41.3 Å². The Hall–Kier alpha value is -2.26. The third-order valence-electron chi connectivity index (χ3n) is 6.37. The van der Waals surface area contributed by atoms with Crippen molar-refractivity contribution >= 4 is 40.6 Å². The summed E-state index contributed by atoms with van der Waals surface area (Å²) in [4.78, 5) is 29.5. The maximum absolute atomic E-state index is 13.1. The minimum absolute atomic E-state index is 0.0448. The number of unbranched alkanes of at least 4 members (excludes halogenated alkanes) is 8. The van der Waals surface area contributed by atoms with E-state index in [0.29, 0.717) is 14.9 Å². The van der Waals surface area contributed by atoms with Crippen molar-refractivity contribution in [3.63, 3.8) is 0 Å². The first kappa shape index (κ1) is 31.0. The molecule has 0 fully saturated rings. The summed E-state index contributed by atoms with van der Waals surface area (Å²) in [5, 5.41) is 28.4. The molecule has 0 aliphatic heterocycles. The summed E-state index contributed by atoms with van der Waals surface area (Å²) in [7, 11) is 1.58. The van der Waals surface area contributed by atoms with Gasteiger partial charge in [-0.05, 0) is 18.9 Å². The Balaban J connectivity index is 2.01. The summed E-state index contributed by atoms with van der Waals surface area (Å²) in [5.41, 5.74) is 0.864. The van der Waals surface area contributed by atoms with Gasteiger partial charge in [0.1, 0.15) is 11.5 Å². The molecule has 0 aliphatic rings.